The number of hydrogen-bond donors (Lipinski definition) is 0. The molecule has 0 amide bonds. The van der Waals surface area contributed by atoms with Crippen LogP contribution in [0.5, 0.6) is 5.75 Å². The van der Waals surface area contributed by atoms with E-state index >= 15 is 0 Å². The van der Waals surface area contributed by atoms with Crippen molar-refractivity contribution >= 4 is 16.7 Å². The van der Waals surface area contributed by atoms with Crippen LogP contribution in [0, 0.1) is 6.92 Å². The average molecular weight is 273 g/mol. The predicted octanol–water partition coefficient (Wildman–Crippen LogP) is 4.32. The lowest BCUT2D eigenvalue weighted by Crippen LogP contribution is -2.10. The summed E-state index contributed by atoms with van der Waals surface area (Å²) in [6, 6.07) is 7.88. The third kappa shape index (κ3) is 4.34. The molecule has 0 unspecified atom stereocenters. The smallest absolute Gasteiger partial charge is 0.170 e. The van der Waals surface area contributed by atoms with Gasteiger partial charge in [-0.3, -0.25) is 9.78 Å². The van der Waals surface area contributed by atoms with Crippen LogP contribution in [-0.2, 0) is 4.79 Å². The third-order valence-electron chi connectivity index (χ3n) is 2.73. The quantitative estimate of drug-likeness (QED) is 0.814. The highest BCUT2D eigenvalue weighted by Crippen LogP contribution is 2.25. The molecule has 0 saturated heterocycles. The van der Waals surface area contributed by atoms with Crippen molar-refractivity contribution in [3.63, 3.8) is 0 Å². The van der Waals surface area contributed by atoms with Crippen molar-refractivity contribution in [1.29, 1.82) is 0 Å². The monoisotopic (exact) mass is 273 g/mol. The van der Waals surface area contributed by atoms with E-state index in [1.54, 1.807) is 6.20 Å². The van der Waals surface area contributed by atoms with Crippen molar-refractivity contribution in [1.82, 2.24) is 4.98 Å². The van der Waals surface area contributed by atoms with E-state index in [0.717, 1.165) is 22.9 Å². The van der Waals surface area contributed by atoms with E-state index in [4.69, 9.17) is 4.74 Å². The van der Waals surface area contributed by atoms with Gasteiger partial charge in [0.15, 0.2) is 5.78 Å². The molecule has 3 heteroatoms. The van der Waals surface area contributed by atoms with E-state index < -0.39 is 0 Å². The molecular weight excluding hydrogens is 250 g/mol. The molecule has 0 radical (unpaired) electrons. The number of ketones is 1. The maximum Gasteiger partial charge on any atom is 0.170 e. The van der Waals surface area contributed by atoms with Crippen LogP contribution in [0.3, 0.4) is 0 Å². The predicted molar refractivity (Wildman–Crippen MR) is 83.2 cm³/mol. The molecule has 0 spiro atoms. The number of aromatic nitrogens is 1. The first kappa shape index (κ1) is 16.2. The lowest BCUT2D eigenvalue weighted by molar-refractivity contribution is -0.121. The van der Waals surface area contributed by atoms with Crippen LogP contribution in [0.15, 0.2) is 30.5 Å². The summed E-state index contributed by atoms with van der Waals surface area (Å²) in [7, 11) is 0. The maximum atomic E-state index is 11.5. The Kier molecular flexibility index (Phi) is 6.71. The van der Waals surface area contributed by atoms with Crippen LogP contribution in [0.25, 0.3) is 10.9 Å². The fraction of sp³-hybridized carbons (Fsp3) is 0.412. The number of benzene rings is 1. The van der Waals surface area contributed by atoms with E-state index in [0.29, 0.717) is 12.2 Å². The number of hydrogen-bond acceptors (Lipinski definition) is 3. The number of carbonyl (C=O) groups excluding carboxylic acids is 1. The zero-order valence-corrected chi connectivity index (χ0v) is 12.8. The summed E-state index contributed by atoms with van der Waals surface area (Å²) in [4.78, 5) is 15.8. The topological polar surface area (TPSA) is 39.2 Å². The molecule has 0 bridgehead atoms. The second kappa shape index (κ2) is 8.31. The van der Waals surface area contributed by atoms with Crippen LogP contribution >= 0.6 is 0 Å². The fourth-order valence-electron chi connectivity index (χ4n) is 1.92. The van der Waals surface area contributed by atoms with Crippen LogP contribution in [0.2, 0.25) is 0 Å². The average Bonchev–Trinajstić information content (AvgIpc) is 2.47. The molecule has 108 valence electrons. The van der Waals surface area contributed by atoms with Crippen LogP contribution in [0.1, 0.15) is 39.2 Å². The van der Waals surface area contributed by atoms with Gasteiger partial charge in [0.2, 0.25) is 0 Å². The van der Waals surface area contributed by atoms with E-state index in [9.17, 15) is 4.79 Å². The summed E-state index contributed by atoms with van der Waals surface area (Å²) >= 11 is 0. The number of Topliss-reactive ketones (excluding diaryl/α,β-unsaturated/α-hetero) is 1. The second-order valence-corrected chi connectivity index (χ2v) is 4.42. The second-order valence-electron chi connectivity index (χ2n) is 4.42. The van der Waals surface area contributed by atoms with E-state index in [1.165, 1.54) is 0 Å². The molecule has 0 saturated carbocycles. The number of pyridine rings is 1. The van der Waals surface area contributed by atoms with Crippen molar-refractivity contribution in [3.05, 3.63) is 36.0 Å². The molecule has 0 atom stereocenters. The Hall–Kier alpha value is -1.90. The highest BCUT2D eigenvalue weighted by molar-refractivity contribution is 5.86. The number of rotatable bonds is 5. The largest absolute Gasteiger partial charge is 0.484 e. The fourth-order valence-corrected chi connectivity index (χ4v) is 1.92. The first-order valence-electron chi connectivity index (χ1n) is 7.20. The zero-order chi connectivity index (χ0) is 15.0. The standard InChI is InChI=1S/C15H17NO2.C2H6/c1-3-5-13(17)10-18-14-9-11(2)8-12-6-4-7-16-15(12)14;1-2/h4,6-9H,3,5,10H2,1-2H3;1-2H3. The Labute approximate surface area is 121 Å². The zero-order valence-electron chi connectivity index (χ0n) is 12.8. The normalized spacial score (nSPS) is 9.80. The molecule has 0 aliphatic carbocycles. The molecular formula is C17H23NO2. The van der Waals surface area contributed by atoms with Crippen LogP contribution in [0.4, 0.5) is 0 Å². The summed E-state index contributed by atoms with van der Waals surface area (Å²) in [5.41, 5.74) is 1.92. The number of ether oxygens (including phenoxy) is 1. The minimum absolute atomic E-state index is 0.128. The third-order valence-corrected chi connectivity index (χ3v) is 2.73. The van der Waals surface area contributed by atoms with Crippen molar-refractivity contribution < 1.29 is 9.53 Å². The van der Waals surface area contributed by atoms with Gasteiger partial charge >= 0.3 is 0 Å². The van der Waals surface area contributed by atoms with Gasteiger partial charge in [-0.2, -0.15) is 0 Å². The number of fused-ring (bicyclic) bond motifs is 1. The Balaban J connectivity index is 0.000000956. The van der Waals surface area contributed by atoms with Gasteiger partial charge in [-0.1, -0.05) is 26.8 Å². The van der Waals surface area contributed by atoms with Gasteiger partial charge < -0.3 is 4.74 Å². The molecule has 2 aromatic rings. The first-order valence-corrected chi connectivity index (χ1v) is 7.20. The van der Waals surface area contributed by atoms with E-state index in [2.05, 4.69) is 11.1 Å². The summed E-state index contributed by atoms with van der Waals surface area (Å²) in [6.07, 6.45) is 3.16. The maximum absolute atomic E-state index is 11.5. The van der Waals surface area contributed by atoms with Gasteiger partial charge in [0.25, 0.3) is 0 Å². The summed E-state index contributed by atoms with van der Waals surface area (Å²) in [6.45, 7) is 8.12. The number of aryl methyl sites for hydroxylation is 1. The SMILES string of the molecule is CC.CCCC(=O)COc1cc(C)cc2cccnc12. The molecule has 0 aliphatic heterocycles. The van der Waals surface area contributed by atoms with Crippen molar-refractivity contribution in [3.8, 4) is 5.75 Å². The van der Waals surface area contributed by atoms with Gasteiger partial charge in [0.05, 0.1) is 0 Å². The summed E-state index contributed by atoms with van der Waals surface area (Å²) in [5, 5.41) is 1.04. The molecule has 1 aromatic heterocycles. The van der Waals surface area contributed by atoms with E-state index in [1.807, 2.05) is 45.9 Å². The van der Waals surface area contributed by atoms with Crippen LogP contribution < -0.4 is 4.74 Å². The highest BCUT2D eigenvalue weighted by atomic mass is 16.5. The van der Waals surface area contributed by atoms with Gasteiger partial charge in [-0.05, 0) is 37.1 Å². The molecule has 3 nitrogen and oxygen atoms in total. The Bertz CT molecular complexity index is 564. The molecule has 0 aliphatic rings. The lowest BCUT2D eigenvalue weighted by atomic mass is 10.1. The lowest BCUT2D eigenvalue weighted by Gasteiger charge is -2.09. The summed E-state index contributed by atoms with van der Waals surface area (Å²) in [5.74, 6) is 0.818. The molecule has 1 heterocycles. The molecule has 0 fully saturated rings. The minimum Gasteiger partial charge on any atom is -0.484 e. The summed E-state index contributed by atoms with van der Waals surface area (Å²) < 4.78 is 5.60. The number of carbonyl (C=O) groups is 1. The van der Waals surface area contributed by atoms with Crippen LogP contribution in [-0.4, -0.2) is 17.4 Å². The molecule has 0 N–H and O–H groups in total. The van der Waals surface area contributed by atoms with Gasteiger partial charge in [0, 0.05) is 18.0 Å². The number of nitrogens with zero attached hydrogens (tertiary/aromatic N) is 1. The Morgan fingerprint density at radius 1 is 1.30 bits per heavy atom. The van der Waals surface area contributed by atoms with Gasteiger partial charge in [-0.25, -0.2) is 0 Å². The minimum atomic E-state index is 0.128. The van der Waals surface area contributed by atoms with E-state index in [-0.39, 0.29) is 12.4 Å². The molecule has 20 heavy (non-hydrogen) atoms. The van der Waals surface area contributed by atoms with Crippen molar-refractivity contribution in [2.75, 3.05) is 6.61 Å². The first-order chi connectivity index (χ1) is 9.70. The Morgan fingerprint density at radius 2 is 2.05 bits per heavy atom. The van der Waals surface area contributed by atoms with Crippen molar-refractivity contribution in [2.45, 2.75) is 40.5 Å². The van der Waals surface area contributed by atoms with Gasteiger partial charge in [0.1, 0.15) is 17.9 Å². The van der Waals surface area contributed by atoms with Gasteiger partial charge in [-0.15, -0.1) is 0 Å². The molecule has 1 aromatic carbocycles. The Morgan fingerprint density at radius 3 is 2.75 bits per heavy atom. The van der Waals surface area contributed by atoms with Crippen molar-refractivity contribution in [2.24, 2.45) is 0 Å². The molecule has 2 rings (SSSR count). The highest BCUT2D eigenvalue weighted by Gasteiger charge is 2.07.